The van der Waals surface area contributed by atoms with Crippen LogP contribution in [-0.2, 0) is 4.74 Å². The van der Waals surface area contributed by atoms with Crippen molar-refractivity contribution in [1.82, 2.24) is 29.4 Å². The molecular formula is C63H132N6O. The highest BCUT2D eigenvalue weighted by Gasteiger charge is 2.35. The molecule has 0 aromatic rings. The molecule has 9 rings (SSSR count). The molecule has 0 amide bonds. The molecule has 0 aromatic heterocycles. The molecule has 6 heterocycles. The molecular weight excluding hydrogens is 857 g/mol. The lowest BCUT2D eigenvalue weighted by Crippen LogP contribution is -2.46. The van der Waals surface area contributed by atoms with E-state index >= 15 is 0 Å². The SMILES string of the molecule is CC1CCC1.CC1CCN(C)CC1.CC1CCN(C2CC2)CC1.CC1CN(C2CC2)C1.CCC1CCCN1CC.CCCC(C)(C)C.CCCCOC.CCN1CCC[C@@H](C)C1.CCN1CC[C@@H](C)C1. The summed E-state index contributed by atoms with van der Waals surface area (Å²) in [6.07, 6.45) is 29.6. The van der Waals surface area contributed by atoms with Crippen LogP contribution >= 0.6 is 0 Å². The van der Waals surface area contributed by atoms with E-state index in [9.17, 15) is 0 Å². The zero-order valence-electron chi connectivity index (χ0n) is 51.2. The minimum atomic E-state index is 0.550. The second-order valence-electron chi connectivity index (χ2n) is 25.7. The van der Waals surface area contributed by atoms with E-state index in [0.717, 1.165) is 60.2 Å². The molecule has 0 bridgehead atoms. The topological polar surface area (TPSA) is 28.7 Å². The second kappa shape index (κ2) is 41.0. The first-order valence-corrected chi connectivity index (χ1v) is 31.3. The summed E-state index contributed by atoms with van der Waals surface area (Å²) in [6.45, 7) is 53.7. The first-order valence-electron chi connectivity index (χ1n) is 31.3. The van der Waals surface area contributed by atoms with Gasteiger partial charge in [-0.1, -0.05) is 136 Å². The van der Waals surface area contributed by atoms with Gasteiger partial charge in [0.2, 0.25) is 0 Å². The molecule has 7 nitrogen and oxygen atoms in total. The van der Waals surface area contributed by atoms with Crippen LogP contribution in [0.4, 0.5) is 0 Å². The lowest BCUT2D eigenvalue weighted by atomic mass is 9.88. The summed E-state index contributed by atoms with van der Waals surface area (Å²) in [4.78, 5) is 15.3. The maximum absolute atomic E-state index is 4.78. The summed E-state index contributed by atoms with van der Waals surface area (Å²) in [5.41, 5.74) is 0.550. The molecule has 0 N–H and O–H groups in total. The molecule has 7 heteroatoms. The summed E-state index contributed by atoms with van der Waals surface area (Å²) >= 11 is 0. The normalized spacial score (nSPS) is 26.3. The van der Waals surface area contributed by atoms with Gasteiger partial charge in [0.15, 0.2) is 0 Å². The van der Waals surface area contributed by atoms with Gasteiger partial charge in [-0.2, -0.15) is 0 Å². The first-order chi connectivity index (χ1) is 33.4. The number of likely N-dealkylation sites (tertiary alicyclic amines) is 6. The van der Waals surface area contributed by atoms with Gasteiger partial charge in [-0.05, 0) is 216 Å². The maximum atomic E-state index is 4.78. The predicted molar refractivity (Wildman–Crippen MR) is 314 cm³/mol. The number of ether oxygens (including phenoxy) is 1. The summed E-state index contributed by atoms with van der Waals surface area (Å²) in [7, 11) is 3.93. The molecule has 0 radical (unpaired) electrons. The van der Waals surface area contributed by atoms with E-state index in [4.69, 9.17) is 4.74 Å². The summed E-state index contributed by atoms with van der Waals surface area (Å²) in [5.74, 6) is 5.93. The number of nitrogens with zero attached hydrogens (tertiary/aromatic N) is 6. The van der Waals surface area contributed by atoms with Crippen LogP contribution in [-0.4, -0.2) is 160 Å². The van der Waals surface area contributed by atoms with Gasteiger partial charge in [0.1, 0.15) is 0 Å². The van der Waals surface area contributed by atoms with Crippen molar-refractivity contribution in [3.05, 3.63) is 0 Å². The standard InChI is InChI=1S/C9H17N.2C8H17N.C7H13N.2C7H15N.C7H16.C5H12O.C5H10/c1-8-4-6-10(7-5-8)9-2-3-9;1-3-9-6-4-5-8(2)7-9;1-3-8-6-5-7-9(8)4-2;1-6-4-8(5-6)7-2-3-7;1-7-3-5-8(2)6-4-7;1-3-8-5-4-7(2)6-8;1-5-6-7(2,3)4;1-3-4-5-6-2;1-5-3-2-4-5/h8-9H,2-7H2,1H3;2*8H,3-7H2,1-2H3;6-7H,2-5H2,1H3;2*7H,3-6H2,1-2H3;5-6H2,1-4H3;3-5H2,1-2H3;5H,2-4H2,1H3/t;8-;;;;7-;;;/m.1...1.../s1. The van der Waals surface area contributed by atoms with Gasteiger partial charge < -0.3 is 29.2 Å². The van der Waals surface area contributed by atoms with Gasteiger partial charge in [-0.25, -0.2) is 0 Å². The van der Waals surface area contributed by atoms with Crippen LogP contribution in [0.15, 0.2) is 0 Å². The molecule has 0 aromatic carbocycles. The summed E-state index contributed by atoms with van der Waals surface area (Å²) in [6, 6.07) is 2.94. The Labute approximate surface area is 442 Å². The Morgan fingerprint density at radius 2 is 0.914 bits per heavy atom. The Kier molecular flexibility index (Phi) is 39.6. The molecule has 6 aliphatic heterocycles. The van der Waals surface area contributed by atoms with Gasteiger partial charge in [-0.3, -0.25) is 4.90 Å². The van der Waals surface area contributed by atoms with Gasteiger partial charge >= 0.3 is 0 Å². The fraction of sp³-hybridized carbons (Fsp3) is 1.00. The third kappa shape index (κ3) is 35.8. The minimum Gasteiger partial charge on any atom is -0.385 e. The van der Waals surface area contributed by atoms with Crippen molar-refractivity contribution in [2.75, 3.05) is 112 Å². The van der Waals surface area contributed by atoms with Crippen molar-refractivity contribution in [1.29, 1.82) is 0 Å². The van der Waals surface area contributed by atoms with E-state index in [1.165, 1.54) is 226 Å². The average Bonchev–Trinajstić information content (AvgIpc) is 4.27. The quantitative estimate of drug-likeness (QED) is 0.201. The number of hydrogen-bond donors (Lipinski definition) is 0. The molecule has 1 unspecified atom stereocenters. The van der Waals surface area contributed by atoms with E-state index in [1.54, 1.807) is 7.11 Å². The fourth-order valence-corrected chi connectivity index (χ4v) is 10.8. The molecule has 9 fully saturated rings. The van der Waals surface area contributed by atoms with Gasteiger partial charge in [0.05, 0.1) is 0 Å². The highest BCUT2D eigenvalue weighted by molar-refractivity contribution is 4.91. The Bertz CT molecular complexity index is 1110. The van der Waals surface area contributed by atoms with Gasteiger partial charge in [-0.15, -0.1) is 0 Å². The lowest BCUT2D eigenvalue weighted by Gasteiger charge is -2.37. The largest absolute Gasteiger partial charge is 0.385 e. The maximum Gasteiger partial charge on any atom is 0.0462 e. The molecule has 420 valence electrons. The zero-order valence-corrected chi connectivity index (χ0v) is 51.2. The smallest absolute Gasteiger partial charge is 0.0462 e. The van der Waals surface area contributed by atoms with E-state index in [0.29, 0.717) is 5.41 Å². The van der Waals surface area contributed by atoms with Gasteiger partial charge in [0.25, 0.3) is 0 Å². The molecule has 0 spiro atoms. The highest BCUT2D eigenvalue weighted by Crippen LogP contribution is 2.32. The number of piperidine rings is 3. The third-order valence-corrected chi connectivity index (χ3v) is 16.7. The molecule has 6 saturated heterocycles. The lowest BCUT2D eigenvalue weighted by molar-refractivity contribution is 0.104. The van der Waals surface area contributed by atoms with Crippen LogP contribution in [0.2, 0.25) is 0 Å². The van der Waals surface area contributed by atoms with Crippen LogP contribution in [0.5, 0.6) is 0 Å². The van der Waals surface area contributed by atoms with Crippen LogP contribution < -0.4 is 0 Å². The molecule has 9 aliphatic rings. The van der Waals surface area contributed by atoms with Crippen LogP contribution in [0.3, 0.4) is 0 Å². The Morgan fingerprint density at radius 3 is 1.20 bits per heavy atom. The molecule has 70 heavy (non-hydrogen) atoms. The average molecular weight is 990 g/mol. The highest BCUT2D eigenvalue weighted by atomic mass is 16.5. The summed E-state index contributed by atoms with van der Waals surface area (Å²) < 4.78 is 4.78. The monoisotopic (exact) mass is 989 g/mol. The fourth-order valence-electron chi connectivity index (χ4n) is 10.8. The third-order valence-electron chi connectivity index (χ3n) is 16.7. The van der Waals surface area contributed by atoms with E-state index < -0.39 is 0 Å². The molecule has 3 aliphatic carbocycles. The molecule has 3 atom stereocenters. The van der Waals surface area contributed by atoms with E-state index in [-0.39, 0.29) is 0 Å². The first kappa shape index (κ1) is 67.7. The minimum absolute atomic E-state index is 0.550. The Hall–Kier alpha value is -0.280. The molecule has 3 saturated carbocycles. The number of methoxy groups -OCH3 is 1. The number of unbranched alkanes of at least 4 members (excludes halogenated alkanes) is 1. The summed E-state index contributed by atoms with van der Waals surface area (Å²) in [5, 5.41) is 0. The van der Waals surface area contributed by atoms with Gasteiger partial charge in [0, 0.05) is 58.0 Å². The second-order valence-corrected chi connectivity index (χ2v) is 25.7. The number of rotatable bonds is 10. The van der Waals surface area contributed by atoms with Crippen molar-refractivity contribution in [2.45, 2.75) is 257 Å². The van der Waals surface area contributed by atoms with Crippen molar-refractivity contribution in [2.24, 2.45) is 40.9 Å². The Morgan fingerprint density at radius 1 is 0.443 bits per heavy atom. The van der Waals surface area contributed by atoms with E-state index in [1.807, 2.05) is 0 Å². The Balaban J connectivity index is 0.000000396. The van der Waals surface area contributed by atoms with Crippen LogP contribution in [0, 0.1) is 40.9 Å². The van der Waals surface area contributed by atoms with Crippen molar-refractivity contribution >= 4 is 0 Å². The van der Waals surface area contributed by atoms with Crippen molar-refractivity contribution in [3.63, 3.8) is 0 Å². The number of hydrogen-bond acceptors (Lipinski definition) is 7. The van der Waals surface area contributed by atoms with Crippen LogP contribution in [0.1, 0.15) is 239 Å². The predicted octanol–water partition coefficient (Wildman–Crippen LogP) is 15.4. The van der Waals surface area contributed by atoms with Crippen molar-refractivity contribution < 1.29 is 4.74 Å². The van der Waals surface area contributed by atoms with Crippen molar-refractivity contribution in [3.8, 4) is 0 Å². The van der Waals surface area contributed by atoms with E-state index in [2.05, 4.69) is 140 Å². The zero-order chi connectivity index (χ0) is 52.3. The van der Waals surface area contributed by atoms with Crippen LogP contribution in [0.25, 0.3) is 0 Å².